The molecule has 0 amide bonds. The lowest BCUT2D eigenvalue weighted by Crippen LogP contribution is -2.35. The number of rotatable bonds is 5. The molecule has 0 heterocycles. The van der Waals surface area contributed by atoms with Crippen molar-refractivity contribution < 1.29 is 4.39 Å². The minimum Gasteiger partial charge on any atom is -0.389 e. The molecule has 1 aromatic rings. The average molecular weight is 266 g/mol. The number of halogens is 1. The molecule has 1 aromatic carbocycles. The largest absolute Gasteiger partial charge is 0.389 e. The summed E-state index contributed by atoms with van der Waals surface area (Å²) in [5, 5.41) is 3.32. The third-order valence-electron chi connectivity index (χ3n) is 4.07. The fraction of sp³-hybridized carbons (Fsp3) is 0.500. The topological polar surface area (TPSA) is 38.0 Å². The first-order valence-electron chi connectivity index (χ1n) is 6.39. The molecule has 4 heteroatoms. The lowest BCUT2D eigenvalue weighted by Gasteiger charge is -2.41. The van der Waals surface area contributed by atoms with Crippen LogP contribution in [0.2, 0.25) is 0 Å². The van der Waals surface area contributed by atoms with Crippen molar-refractivity contribution in [3.63, 3.8) is 0 Å². The Morgan fingerprint density at radius 3 is 2.67 bits per heavy atom. The second kappa shape index (κ2) is 5.22. The molecule has 1 aliphatic carbocycles. The molecular formula is C14H19FN2S. The number of hydrogen-bond acceptors (Lipinski definition) is 2. The van der Waals surface area contributed by atoms with Gasteiger partial charge in [0.25, 0.3) is 0 Å². The number of benzene rings is 1. The molecule has 18 heavy (non-hydrogen) atoms. The predicted octanol–water partition coefficient (Wildman–Crippen LogP) is 3.45. The smallest absolute Gasteiger partial charge is 0.135 e. The predicted molar refractivity (Wildman–Crippen MR) is 77.4 cm³/mol. The molecular weight excluding hydrogens is 247 g/mol. The summed E-state index contributed by atoms with van der Waals surface area (Å²) in [6.07, 6.45) is 5.02. The summed E-state index contributed by atoms with van der Waals surface area (Å²) in [4.78, 5) is 0.100. The molecule has 0 unspecified atom stereocenters. The standard InChI is InChI=1S/C14H19FN2S/c1-2-14(6-3-7-14)9-17-10-4-5-11(13(16)18)12(15)8-10/h4-5,8,17H,2-3,6-7,9H2,1H3,(H2,16,18). The van der Waals surface area contributed by atoms with Gasteiger partial charge in [-0.2, -0.15) is 0 Å². The average Bonchev–Trinajstić information content (AvgIpc) is 2.27. The van der Waals surface area contributed by atoms with Crippen LogP contribution in [-0.4, -0.2) is 11.5 Å². The van der Waals surface area contributed by atoms with Crippen LogP contribution in [0.15, 0.2) is 18.2 Å². The van der Waals surface area contributed by atoms with E-state index in [2.05, 4.69) is 12.2 Å². The Bertz CT molecular complexity index is 450. The van der Waals surface area contributed by atoms with E-state index in [4.69, 9.17) is 18.0 Å². The first-order valence-corrected chi connectivity index (χ1v) is 6.80. The summed E-state index contributed by atoms with van der Waals surface area (Å²) < 4.78 is 13.7. The first kappa shape index (κ1) is 13.3. The van der Waals surface area contributed by atoms with E-state index in [9.17, 15) is 4.39 Å². The number of hydrogen-bond donors (Lipinski definition) is 2. The van der Waals surface area contributed by atoms with Crippen molar-refractivity contribution in [1.29, 1.82) is 0 Å². The molecule has 3 N–H and O–H groups in total. The summed E-state index contributed by atoms with van der Waals surface area (Å²) in [6, 6.07) is 4.94. The Balaban J connectivity index is 2.02. The van der Waals surface area contributed by atoms with Crippen LogP contribution in [0, 0.1) is 11.2 Å². The van der Waals surface area contributed by atoms with E-state index >= 15 is 0 Å². The Hall–Kier alpha value is -1.16. The second-order valence-electron chi connectivity index (χ2n) is 5.12. The van der Waals surface area contributed by atoms with Crippen LogP contribution < -0.4 is 11.1 Å². The monoisotopic (exact) mass is 266 g/mol. The van der Waals surface area contributed by atoms with Crippen LogP contribution in [0.1, 0.15) is 38.2 Å². The lowest BCUT2D eigenvalue weighted by molar-refractivity contribution is 0.145. The van der Waals surface area contributed by atoms with Gasteiger partial charge in [0.1, 0.15) is 10.8 Å². The molecule has 0 aromatic heterocycles. The van der Waals surface area contributed by atoms with Gasteiger partial charge in [-0.05, 0) is 42.9 Å². The van der Waals surface area contributed by atoms with Gasteiger partial charge in [-0.15, -0.1) is 0 Å². The number of thiocarbonyl (C=S) groups is 1. The maximum atomic E-state index is 13.7. The Morgan fingerprint density at radius 2 is 2.22 bits per heavy atom. The quantitative estimate of drug-likeness (QED) is 0.802. The summed E-state index contributed by atoms with van der Waals surface area (Å²) in [5.74, 6) is -0.355. The summed E-state index contributed by atoms with van der Waals surface area (Å²) in [7, 11) is 0. The minimum atomic E-state index is -0.355. The van der Waals surface area contributed by atoms with Gasteiger partial charge in [-0.25, -0.2) is 4.39 Å². The van der Waals surface area contributed by atoms with Crippen LogP contribution in [0.3, 0.4) is 0 Å². The van der Waals surface area contributed by atoms with Crippen LogP contribution in [0.5, 0.6) is 0 Å². The Kier molecular flexibility index (Phi) is 3.85. The van der Waals surface area contributed by atoms with E-state index in [1.165, 1.54) is 31.7 Å². The van der Waals surface area contributed by atoms with E-state index < -0.39 is 0 Å². The van der Waals surface area contributed by atoms with E-state index in [1.807, 2.05) is 6.07 Å². The molecule has 2 nitrogen and oxygen atoms in total. The third kappa shape index (κ3) is 2.64. The van der Waals surface area contributed by atoms with Gasteiger partial charge in [-0.3, -0.25) is 0 Å². The van der Waals surface area contributed by atoms with E-state index in [0.717, 1.165) is 12.2 Å². The molecule has 0 atom stereocenters. The summed E-state index contributed by atoms with van der Waals surface area (Å²) in [5.41, 5.74) is 6.95. The van der Waals surface area contributed by atoms with Crippen molar-refractivity contribution in [2.24, 2.45) is 11.1 Å². The minimum absolute atomic E-state index is 0.100. The van der Waals surface area contributed by atoms with Gasteiger partial charge in [0.05, 0.1) is 0 Å². The lowest BCUT2D eigenvalue weighted by atomic mass is 9.67. The van der Waals surface area contributed by atoms with Gasteiger partial charge in [-0.1, -0.05) is 25.6 Å². The van der Waals surface area contributed by atoms with E-state index in [-0.39, 0.29) is 10.8 Å². The number of anilines is 1. The zero-order valence-corrected chi connectivity index (χ0v) is 11.4. The van der Waals surface area contributed by atoms with Gasteiger partial charge >= 0.3 is 0 Å². The van der Waals surface area contributed by atoms with Crippen LogP contribution in [0.4, 0.5) is 10.1 Å². The highest BCUT2D eigenvalue weighted by Crippen LogP contribution is 2.43. The van der Waals surface area contributed by atoms with Crippen molar-refractivity contribution in [3.05, 3.63) is 29.6 Å². The van der Waals surface area contributed by atoms with Crippen LogP contribution >= 0.6 is 12.2 Å². The molecule has 0 spiro atoms. The van der Waals surface area contributed by atoms with Crippen molar-refractivity contribution in [3.8, 4) is 0 Å². The molecule has 2 rings (SSSR count). The van der Waals surface area contributed by atoms with Gasteiger partial charge < -0.3 is 11.1 Å². The van der Waals surface area contributed by atoms with E-state index in [0.29, 0.717) is 11.0 Å². The fourth-order valence-electron chi connectivity index (χ4n) is 2.45. The molecule has 1 saturated carbocycles. The normalized spacial score (nSPS) is 17.0. The first-order chi connectivity index (χ1) is 8.56. The van der Waals surface area contributed by atoms with Gasteiger partial charge in [0, 0.05) is 17.8 Å². The highest BCUT2D eigenvalue weighted by atomic mass is 32.1. The molecule has 0 radical (unpaired) electrons. The van der Waals surface area contributed by atoms with Gasteiger partial charge in [0.15, 0.2) is 0 Å². The highest BCUT2D eigenvalue weighted by molar-refractivity contribution is 7.80. The summed E-state index contributed by atoms with van der Waals surface area (Å²) in [6.45, 7) is 3.13. The SMILES string of the molecule is CCC1(CNc2ccc(C(N)=S)c(F)c2)CCC1. The van der Waals surface area contributed by atoms with E-state index in [1.54, 1.807) is 6.07 Å². The van der Waals surface area contributed by atoms with Crippen LogP contribution in [0.25, 0.3) is 0 Å². The fourth-order valence-corrected chi connectivity index (χ4v) is 2.61. The molecule has 98 valence electrons. The number of nitrogens with one attached hydrogen (secondary N) is 1. The Morgan fingerprint density at radius 1 is 1.50 bits per heavy atom. The zero-order chi connectivity index (χ0) is 13.2. The molecule has 0 bridgehead atoms. The second-order valence-corrected chi connectivity index (χ2v) is 5.56. The van der Waals surface area contributed by atoms with Crippen molar-refractivity contribution in [2.75, 3.05) is 11.9 Å². The molecule has 1 aliphatic rings. The zero-order valence-electron chi connectivity index (χ0n) is 10.6. The van der Waals surface area contributed by atoms with Crippen molar-refractivity contribution >= 4 is 22.9 Å². The maximum Gasteiger partial charge on any atom is 0.135 e. The van der Waals surface area contributed by atoms with Crippen molar-refractivity contribution in [1.82, 2.24) is 0 Å². The highest BCUT2D eigenvalue weighted by Gasteiger charge is 2.34. The van der Waals surface area contributed by atoms with Crippen molar-refractivity contribution in [2.45, 2.75) is 32.6 Å². The Labute approximate surface area is 113 Å². The number of nitrogens with two attached hydrogens (primary N) is 1. The summed E-state index contributed by atoms with van der Waals surface area (Å²) >= 11 is 4.78. The molecule has 0 saturated heterocycles. The molecule has 0 aliphatic heterocycles. The third-order valence-corrected chi connectivity index (χ3v) is 4.29. The van der Waals surface area contributed by atoms with Crippen LogP contribution in [-0.2, 0) is 0 Å². The molecule has 1 fully saturated rings. The maximum absolute atomic E-state index is 13.7. The van der Waals surface area contributed by atoms with Gasteiger partial charge in [0.2, 0.25) is 0 Å².